The van der Waals surface area contributed by atoms with E-state index in [4.69, 9.17) is 9.84 Å². The van der Waals surface area contributed by atoms with Gasteiger partial charge < -0.3 is 9.84 Å². The number of ether oxygens (including phenoxy) is 1. The first-order valence-electron chi connectivity index (χ1n) is 7.41. The van der Waals surface area contributed by atoms with Gasteiger partial charge in [0.2, 0.25) is 0 Å². The maximum atomic E-state index is 12.7. The Morgan fingerprint density at radius 2 is 1.81 bits per heavy atom. The molecule has 122 valence electrons. The molecule has 0 saturated carbocycles. The number of hydrogen-bond acceptors (Lipinski definition) is 4. The Balaban J connectivity index is 2.06. The van der Waals surface area contributed by atoms with Crippen LogP contribution in [0.25, 0.3) is 0 Å². The molecule has 0 aliphatic carbocycles. The van der Waals surface area contributed by atoms with Crippen LogP contribution in [0.15, 0.2) is 0 Å². The van der Waals surface area contributed by atoms with Gasteiger partial charge in [0, 0.05) is 32.6 Å². The van der Waals surface area contributed by atoms with E-state index in [-0.39, 0.29) is 24.5 Å². The molecule has 0 aromatic rings. The minimum absolute atomic E-state index is 0.0297. The molecule has 7 nitrogen and oxygen atoms in total. The summed E-state index contributed by atoms with van der Waals surface area (Å²) in [7, 11) is -3.53. The highest BCUT2D eigenvalue weighted by Gasteiger charge is 2.37. The number of piperidine rings is 1. The van der Waals surface area contributed by atoms with Crippen LogP contribution in [0.1, 0.15) is 33.1 Å². The normalized spacial score (nSPS) is 33.0. The molecule has 2 aliphatic rings. The minimum Gasteiger partial charge on any atom is -0.481 e. The molecule has 2 aliphatic heterocycles. The summed E-state index contributed by atoms with van der Waals surface area (Å²) in [6.07, 6.45) is 1.27. The molecule has 2 heterocycles. The molecular formula is C13H24N2O5S. The second-order valence-corrected chi connectivity index (χ2v) is 7.97. The summed E-state index contributed by atoms with van der Waals surface area (Å²) < 4.78 is 33.9. The summed E-state index contributed by atoms with van der Waals surface area (Å²) in [5, 5.41) is 8.88. The quantitative estimate of drug-likeness (QED) is 0.816. The Morgan fingerprint density at radius 3 is 2.38 bits per heavy atom. The zero-order chi connectivity index (χ0) is 15.6. The Morgan fingerprint density at radius 1 is 1.19 bits per heavy atom. The third-order valence-electron chi connectivity index (χ3n) is 3.98. The third kappa shape index (κ3) is 4.15. The van der Waals surface area contributed by atoms with Crippen LogP contribution >= 0.6 is 0 Å². The molecule has 0 amide bonds. The highest BCUT2D eigenvalue weighted by molar-refractivity contribution is 7.86. The van der Waals surface area contributed by atoms with E-state index in [1.165, 1.54) is 8.61 Å². The molecule has 1 N–H and O–H groups in total. The largest absolute Gasteiger partial charge is 0.481 e. The number of aliphatic carboxylic acids is 1. The predicted octanol–water partition coefficient (Wildman–Crippen LogP) is 0.527. The summed E-state index contributed by atoms with van der Waals surface area (Å²) in [4.78, 5) is 10.8. The standard InChI is InChI=1S/C13H24N2O5S/c1-10-7-15(8-11(2)20-10)21(18,19)14-5-3-4-12(9-14)6-13(16)17/h10-12H,3-9H2,1-2H3,(H,16,17). The SMILES string of the molecule is CC1CN(S(=O)(=O)N2CCCC(CC(=O)O)C2)CC(C)O1. The van der Waals surface area contributed by atoms with Crippen LogP contribution in [0.5, 0.6) is 0 Å². The number of nitrogens with zero attached hydrogens (tertiary/aromatic N) is 2. The summed E-state index contributed by atoms with van der Waals surface area (Å²) >= 11 is 0. The van der Waals surface area contributed by atoms with E-state index in [2.05, 4.69) is 0 Å². The zero-order valence-corrected chi connectivity index (χ0v) is 13.4. The van der Waals surface area contributed by atoms with Gasteiger partial charge in [0.25, 0.3) is 10.2 Å². The average molecular weight is 320 g/mol. The summed E-state index contributed by atoms with van der Waals surface area (Å²) in [6, 6.07) is 0. The molecule has 21 heavy (non-hydrogen) atoms. The minimum atomic E-state index is -3.53. The molecule has 0 aromatic heterocycles. The lowest BCUT2D eigenvalue weighted by molar-refractivity contribution is -0.138. The second kappa shape index (κ2) is 6.60. The van der Waals surface area contributed by atoms with Gasteiger partial charge in [0.05, 0.1) is 12.2 Å². The van der Waals surface area contributed by atoms with Crippen molar-refractivity contribution in [3.8, 4) is 0 Å². The van der Waals surface area contributed by atoms with E-state index < -0.39 is 16.2 Å². The van der Waals surface area contributed by atoms with Crippen molar-refractivity contribution in [2.24, 2.45) is 5.92 Å². The summed E-state index contributed by atoms with van der Waals surface area (Å²) in [5.41, 5.74) is 0. The molecular weight excluding hydrogens is 296 g/mol. The molecule has 8 heteroatoms. The van der Waals surface area contributed by atoms with Crippen molar-refractivity contribution in [3.63, 3.8) is 0 Å². The molecule has 0 aromatic carbocycles. The first kappa shape index (κ1) is 16.7. The second-order valence-electron chi connectivity index (χ2n) is 6.05. The maximum absolute atomic E-state index is 12.7. The van der Waals surface area contributed by atoms with Crippen LogP contribution in [0.4, 0.5) is 0 Å². The van der Waals surface area contributed by atoms with Crippen LogP contribution in [0.3, 0.4) is 0 Å². The van der Waals surface area contributed by atoms with Gasteiger partial charge in [-0.1, -0.05) is 0 Å². The Kier molecular flexibility index (Phi) is 5.24. The first-order chi connectivity index (χ1) is 9.79. The number of morpholine rings is 1. The Bertz CT molecular complexity index is 471. The zero-order valence-electron chi connectivity index (χ0n) is 12.6. The molecule has 2 saturated heterocycles. The van der Waals surface area contributed by atoms with Gasteiger partial charge in [-0.3, -0.25) is 4.79 Å². The lowest BCUT2D eigenvalue weighted by atomic mass is 9.96. The topological polar surface area (TPSA) is 87.2 Å². The van der Waals surface area contributed by atoms with Gasteiger partial charge in [0.15, 0.2) is 0 Å². The first-order valence-corrected chi connectivity index (χ1v) is 8.81. The van der Waals surface area contributed by atoms with Crippen LogP contribution < -0.4 is 0 Å². The van der Waals surface area contributed by atoms with Crippen molar-refractivity contribution in [2.45, 2.75) is 45.3 Å². The van der Waals surface area contributed by atoms with Crippen molar-refractivity contribution < 1.29 is 23.1 Å². The molecule has 0 spiro atoms. The van der Waals surface area contributed by atoms with Gasteiger partial charge in [-0.05, 0) is 32.6 Å². The van der Waals surface area contributed by atoms with E-state index >= 15 is 0 Å². The molecule has 3 unspecified atom stereocenters. The van der Waals surface area contributed by atoms with Gasteiger partial charge in [-0.15, -0.1) is 0 Å². The molecule has 2 rings (SSSR count). The number of carboxylic acids is 1. The van der Waals surface area contributed by atoms with E-state index in [0.29, 0.717) is 32.6 Å². The van der Waals surface area contributed by atoms with Crippen molar-refractivity contribution in [1.29, 1.82) is 0 Å². The monoisotopic (exact) mass is 320 g/mol. The number of carbonyl (C=O) groups is 1. The van der Waals surface area contributed by atoms with E-state index in [1.54, 1.807) is 0 Å². The van der Waals surface area contributed by atoms with Gasteiger partial charge in [0.1, 0.15) is 0 Å². The highest BCUT2D eigenvalue weighted by atomic mass is 32.2. The smallest absolute Gasteiger partial charge is 0.303 e. The number of rotatable bonds is 4. The van der Waals surface area contributed by atoms with Crippen LogP contribution in [-0.2, 0) is 19.7 Å². The molecule has 2 fully saturated rings. The van der Waals surface area contributed by atoms with Crippen molar-refractivity contribution in [3.05, 3.63) is 0 Å². The summed E-state index contributed by atoms with van der Waals surface area (Å²) in [5.74, 6) is -0.963. The van der Waals surface area contributed by atoms with Crippen molar-refractivity contribution in [1.82, 2.24) is 8.61 Å². The van der Waals surface area contributed by atoms with Gasteiger partial charge in [-0.2, -0.15) is 17.0 Å². The lowest BCUT2D eigenvalue weighted by Crippen LogP contribution is -2.54. The Hall–Kier alpha value is -0.700. The fraction of sp³-hybridized carbons (Fsp3) is 0.923. The Labute approximate surface area is 126 Å². The number of carboxylic acid groups (broad SMARTS) is 1. The average Bonchev–Trinajstić information content (AvgIpc) is 2.37. The van der Waals surface area contributed by atoms with E-state index in [1.807, 2.05) is 13.8 Å². The maximum Gasteiger partial charge on any atom is 0.303 e. The third-order valence-corrected chi connectivity index (χ3v) is 5.92. The van der Waals surface area contributed by atoms with Gasteiger partial charge in [-0.25, -0.2) is 0 Å². The van der Waals surface area contributed by atoms with Crippen molar-refractivity contribution >= 4 is 16.2 Å². The molecule has 0 bridgehead atoms. The van der Waals surface area contributed by atoms with Crippen LogP contribution in [-0.4, -0.2) is 66.5 Å². The van der Waals surface area contributed by atoms with Crippen molar-refractivity contribution in [2.75, 3.05) is 26.2 Å². The summed E-state index contributed by atoms with van der Waals surface area (Å²) in [6.45, 7) is 5.20. The number of hydrogen-bond donors (Lipinski definition) is 1. The lowest BCUT2D eigenvalue weighted by Gasteiger charge is -2.39. The molecule has 3 atom stereocenters. The predicted molar refractivity (Wildman–Crippen MR) is 77.1 cm³/mol. The van der Waals surface area contributed by atoms with E-state index in [9.17, 15) is 13.2 Å². The van der Waals surface area contributed by atoms with Crippen LogP contribution in [0.2, 0.25) is 0 Å². The van der Waals surface area contributed by atoms with Gasteiger partial charge >= 0.3 is 5.97 Å². The fourth-order valence-corrected chi connectivity index (χ4v) is 5.01. The van der Waals surface area contributed by atoms with E-state index in [0.717, 1.165) is 6.42 Å². The fourth-order valence-electron chi connectivity index (χ4n) is 3.13. The molecule has 0 radical (unpaired) electrons. The highest BCUT2D eigenvalue weighted by Crippen LogP contribution is 2.25. The van der Waals surface area contributed by atoms with Crippen LogP contribution in [0, 0.1) is 5.92 Å².